The van der Waals surface area contributed by atoms with Gasteiger partial charge in [0.25, 0.3) is 5.56 Å². The Balaban J connectivity index is 1.72. The lowest BCUT2D eigenvalue weighted by molar-refractivity contribution is 0.617. The van der Waals surface area contributed by atoms with Crippen molar-refractivity contribution >= 4 is 40.0 Å². The van der Waals surface area contributed by atoms with Crippen LogP contribution in [0.25, 0.3) is 22.4 Å². The quantitative estimate of drug-likeness (QED) is 0.367. The van der Waals surface area contributed by atoms with Crippen LogP contribution in [0.3, 0.4) is 0 Å². The molecule has 0 radical (unpaired) electrons. The van der Waals surface area contributed by atoms with Crippen LogP contribution in [0.5, 0.6) is 0 Å². The summed E-state index contributed by atoms with van der Waals surface area (Å²) in [5.74, 6) is 0.312. The highest BCUT2D eigenvalue weighted by Gasteiger charge is 2.18. The SMILES string of the molecule is O=c1c2ccccc2n2c(SCc3c(F)cccc3Cl)nnc2n1-c1ccccc1. The average molecular weight is 437 g/mol. The van der Waals surface area contributed by atoms with Crippen LogP contribution >= 0.6 is 23.4 Å². The summed E-state index contributed by atoms with van der Waals surface area (Å²) in [6, 6.07) is 21.2. The maximum absolute atomic E-state index is 14.2. The first-order valence-electron chi connectivity index (χ1n) is 9.15. The van der Waals surface area contributed by atoms with Crippen molar-refractivity contribution in [3.63, 3.8) is 0 Å². The lowest BCUT2D eigenvalue weighted by Crippen LogP contribution is -2.21. The number of fused-ring (bicyclic) bond motifs is 3. The third kappa shape index (κ3) is 3.07. The molecule has 0 aliphatic carbocycles. The first-order chi connectivity index (χ1) is 14.6. The summed E-state index contributed by atoms with van der Waals surface area (Å²) in [5.41, 5.74) is 1.61. The summed E-state index contributed by atoms with van der Waals surface area (Å²) in [6.45, 7) is 0. The molecule has 0 aliphatic heterocycles. The Labute approximate surface area is 179 Å². The normalized spacial score (nSPS) is 11.4. The maximum atomic E-state index is 14.2. The molecule has 0 unspecified atom stereocenters. The number of thioether (sulfide) groups is 1. The second kappa shape index (κ2) is 7.59. The van der Waals surface area contributed by atoms with Crippen LogP contribution in [0.15, 0.2) is 82.7 Å². The fraction of sp³-hybridized carbons (Fsp3) is 0.0455. The third-order valence-electron chi connectivity index (χ3n) is 4.82. The van der Waals surface area contributed by atoms with Crippen molar-refractivity contribution in [1.29, 1.82) is 0 Å². The first kappa shape index (κ1) is 18.8. The van der Waals surface area contributed by atoms with Crippen molar-refractivity contribution in [1.82, 2.24) is 19.2 Å². The minimum Gasteiger partial charge on any atom is -0.268 e. The van der Waals surface area contributed by atoms with Gasteiger partial charge < -0.3 is 0 Å². The molecular weight excluding hydrogens is 423 g/mol. The summed E-state index contributed by atoms with van der Waals surface area (Å²) in [4.78, 5) is 13.2. The number of hydrogen-bond donors (Lipinski definition) is 0. The van der Waals surface area contributed by atoms with E-state index in [1.165, 1.54) is 22.4 Å². The lowest BCUT2D eigenvalue weighted by Gasteiger charge is -2.11. The van der Waals surface area contributed by atoms with E-state index in [0.29, 0.717) is 38.1 Å². The van der Waals surface area contributed by atoms with E-state index >= 15 is 0 Å². The van der Waals surface area contributed by atoms with Crippen molar-refractivity contribution in [3.8, 4) is 5.69 Å². The van der Waals surface area contributed by atoms with Gasteiger partial charge in [0.05, 0.1) is 16.6 Å². The van der Waals surface area contributed by atoms with E-state index in [1.54, 1.807) is 18.2 Å². The molecule has 5 aromatic rings. The summed E-state index contributed by atoms with van der Waals surface area (Å²) in [5, 5.41) is 10.0. The number of para-hydroxylation sites is 2. The lowest BCUT2D eigenvalue weighted by atomic mass is 10.2. The number of nitrogens with zero attached hydrogens (tertiary/aromatic N) is 4. The molecule has 0 N–H and O–H groups in total. The summed E-state index contributed by atoms with van der Waals surface area (Å²) in [6.07, 6.45) is 0. The third-order valence-corrected chi connectivity index (χ3v) is 6.13. The van der Waals surface area contributed by atoms with E-state index in [1.807, 2.05) is 52.9 Å². The Morgan fingerprint density at radius 2 is 1.70 bits per heavy atom. The molecule has 0 saturated heterocycles. The van der Waals surface area contributed by atoms with Crippen LogP contribution in [-0.2, 0) is 5.75 Å². The van der Waals surface area contributed by atoms with Crippen molar-refractivity contribution in [3.05, 3.63) is 99.6 Å². The van der Waals surface area contributed by atoms with Gasteiger partial charge in [-0.1, -0.05) is 59.8 Å². The summed E-state index contributed by atoms with van der Waals surface area (Å²) < 4.78 is 17.6. The largest absolute Gasteiger partial charge is 0.268 e. The minimum atomic E-state index is -0.366. The molecule has 5 rings (SSSR count). The highest BCUT2D eigenvalue weighted by Crippen LogP contribution is 2.29. The Hall–Kier alpha value is -3.16. The number of benzene rings is 3. The van der Waals surface area contributed by atoms with E-state index in [2.05, 4.69) is 10.2 Å². The van der Waals surface area contributed by atoms with Gasteiger partial charge in [0.2, 0.25) is 5.78 Å². The van der Waals surface area contributed by atoms with Gasteiger partial charge >= 0.3 is 0 Å². The van der Waals surface area contributed by atoms with E-state index in [-0.39, 0.29) is 17.1 Å². The van der Waals surface area contributed by atoms with Gasteiger partial charge in [0.1, 0.15) is 5.82 Å². The maximum Gasteiger partial charge on any atom is 0.267 e. The van der Waals surface area contributed by atoms with Gasteiger partial charge in [-0.15, -0.1) is 10.2 Å². The van der Waals surface area contributed by atoms with E-state index in [4.69, 9.17) is 11.6 Å². The molecule has 3 aromatic carbocycles. The zero-order valence-corrected chi connectivity index (χ0v) is 17.1. The van der Waals surface area contributed by atoms with E-state index in [9.17, 15) is 9.18 Å². The van der Waals surface area contributed by atoms with Crippen LogP contribution < -0.4 is 5.56 Å². The van der Waals surface area contributed by atoms with Crippen molar-refractivity contribution in [2.45, 2.75) is 10.9 Å². The van der Waals surface area contributed by atoms with E-state index in [0.717, 1.165) is 0 Å². The van der Waals surface area contributed by atoms with Crippen molar-refractivity contribution < 1.29 is 4.39 Å². The number of rotatable bonds is 4. The summed E-state index contributed by atoms with van der Waals surface area (Å²) in [7, 11) is 0. The second-order valence-corrected chi connectivity index (χ2v) is 7.95. The average Bonchev–Trinajstić information content (AvgIpc) is 3.18. The number of hydrogen-bond acceptors (Lipinski definition) is 4. The number of aromatic nitrogens is 4. The highest BCUT2D eigenvalue weighted by atomic mass is 35.5. The fourth-order valence-corrected chi connectivity index (χ4v) is 4.67. The monoisotopic (exact) mass is 436 g/mol. The molecule has 30 heavy (non-hydrogen) atoms. The molecule has 0 bridgehead atoms. The first-order valence-corrected chi connectivity index (χ1v) is 10.5. The minimum absolute atomic E-state index is 0.176. The molecule has 0 aliphatic rings. The van der Waals surface area contributed by atoms with Gasteiger partial charge in [-0.25, -0.2) is 8.96 Å². The Morgan fingerprint density at radius 3 is 2.50 bits per heavy atom. The molecule has 0 atom stereocenters. The smallest absolute Gasteiger partial charge is 0.267 e. The van der Waals surface area contributed by atoms with Crippen LogP contribution in [-0.4, -0.2) is 19.2 Å². The predicted molar refractivity (Wildman–Crippen MR) is 117 cm³/mol. The molecule has 0 spiro atoms. The standard InChI is InChI=1S/C22H14ClFN4OS/c23-17-10-6-11-18(24)16(17)13-30-22-26-25-21-27(14-7-2-1-3-8-14)20(29)15-9-4-5-12-19(15)28(21)22/h1-12H,13H2. The Bertz CT molecular complexity index is 1430. The molecule has 2 aromatic heterocycles. The van der Waals surface area contributed by atoms with Crippen LogP contribution in [0.1, 0.15) is 5.56 Å². The zero-order valence-electron chi connectivity index (χ0n) is 15.5. The molecular formula is C22H14ClFN4OS. The Kier molecular flexibility index (Phi) is 4.77. The van der Waals surface area contributed by atoms with Crippen molar-refractivity contribution in [2.24, 2.45) is 0 Å². The molecule has 0 amide bonds. The highest BCUT2D eigenvalue weighted by molar-refractivity contribution is 7.98. The van der Waals surface area contributed by atoms with Crippen LogP contribution in [0.2, 0.25) is 5.02 Å². The Morgan fingerprint density at radius 1 is 0.933 bits per heavy atom. The molecule has 0 saturated carbocycles. The van der Waals surface area contributed by atoms with E-state index < -0.39 is 0 Å². The molecule has 148 valence electrons. The van der Waals surface area contributed by atoms with Gasteiger partial charge in [-0.05, 0) is 36.4 Å². The van der Waals surface area contributed by atoms with Gasteiger partial charge in [-0.2, -0.15) is 0 Å². The second-order valence-electron chi connectivity index (χ2n) is 6.60. The predicted octanol–water partition coefficient (Wildman–Crippen LogP) is 5.12. The zero-order chi connectivity index (χ0) is 20.7. The van der Waals surface area contributed by atoms with Crippen molar-refractivity contribution in [2.75, 3.05) is 0 Å². The number of halogens is 2. The van der Waals surface area contributed by atoms with Crippen LogP contribution in [0.4, 0.5) is 4.39 Å². The molecule has 0 fully saturated rings. The molecule has 8 heteroatoms. The topological polar surface area (TPSA) is 52.2 Å². The fourth-order valence-electron chi connectivity index (χ4n) is 3.39. The molecule has 2 heterocycles. The summed E-state index contributed by atoms with van der Waals surface area (Å²) >= 11 is 7.48. The molecule has 5 nitrogen and oxygen atoms in total. The van der Waals surface area contributed by atoms with Gasteiger partial charge in [0, 0.05) is 16.3 Å². The van der Waals surface area contributed by atoms with Gasteiger partial charge in [-0.3, -0.25) is 9.20 Å². The van der Waals surface area contributed by atoms with Crippen LogP contribution in [0, 0.1) is 5.82 Å². The van der Waals surface area contributed by atoms with Gasteiger partial charge in [0.15, 0.2) is 5.16 Å².